The van der Waals surface area contributed by atoms with Gasteiger partial charge in [-0.25, -0.2) is 4.39 Å². The van der Waals surface area contributed by atoms with Crippen LogP contribution in [0.3, 0.4) is 0 Å². The van der Waals surface area contributed by atoms with Crippen molar-refractivity contribution in [3.63, 3.8) is 0 Å². The van der Waals surface area contributed by atoms with Gasteiger partial charge in [0.2, 0.25) is 5.91 Å². The number of aliphatic imine (C=N–C) groups is 1. The minimum Gasteiger partial charge on any atom is -0.304 e. The van der Waals surface area contributed by atoms with E-state index in [9.17, 15) is 9.18 Å². The Morgan fingerprint density at radius 3 is 2.42 bits per heavy atom. The predicted octanol–water partition coefficient (Wildman–Crippen LogP) is 3.13. The van der Waals surface area contributed by atoms with Crippen LogP contribution < -0.4 is 5.32 Å². The maximum Gasteiger partial charge on any atom is 0.239 e. The molecule has 2 rings (SSSR count). The number of thioether (sulfide) groups is 1. The predicted molar refractivity (Wildman–Crippen MR) is 76.6 cm³/mol. The standard InChI is InChI=1S/C14H17FN2OS/c1-8(2)12-13(18)17-14(19-12)16-9(3)10-4-6-11(15)7-5-10/h4-9,12H,1-3H3,(H,16,17,18)/t9-,12?/m0/s1. The smallest absolute Gasteiger partial charge is 0.239 e. The highest BCUT2D eigenvalue weighted by molar-refractivity contribution is 8.15. The van der Waals surface area contributed by atoms with Gasteiger partial charge in [-0.15, -0.1) is 0 Å². The molecule has 1 fully saturated rings. The molecule has 5 heteroatoms. The minimum absolute atomic E-state index is 0.0186. The van der Waals surface area contributed by atoms with Gasteiger partial charge in [-0.2, -0.15) is 0 Å². The van der Waals surface area contributed by atoms with Crippen molar-refractivity contribution in [2.45, 2.75) is 32.1 Å². The third kappa shape index (κ3) is 3.35. The second-order valence-electron chi connectivity index (χ2n) is 4.93. The van der Waals surface area contributed by atoms with Crippen molar-refractivity contribution in [3.05, 3.63) is 35.6 Å². The Kier molecular flexibility index (Phi) is 4.24. The summed E-state index contributed by atoms with van der Waals surface area (Å²) in [5.74, 6) is 0.0379. The van der Waals surface area contributed by atoms with Crippen LogP contribution in [0.1, 0.15) is 32.4 Å². The van der Waals surface area contributed by atoms with E-state index in [0.29, 0.717) is 5.17 Å². The number of benzene rings is 1. The van der Waals surface area contributed by atoms with Crippen LogP contribution in [0.25, 0.3) is 0 Å². The number of rotatable bonds is 3. The molecule has 102 valence electrons. The number of hydrogen-bond acceptors (Lipinski definition) is 3. The first kappa shape index (κ1) is 14.1. The molecule has 0 saturated carbocycles. The lowest BCUT2D eigenvalue weighted by Crippen LogP contribution is -2.27. The van der Waals surface area contributed by atoms with Gasteiger partial charge in [0.05, 0.1) is 11.3 Å². The van der Waals surface area contributed by atoms with Crippen LogP contribution in [0, 0.1) is 11.7 Å². The van der Waals surface area contributed by atoms with E-state index in [1.54, 1.807) is 12.1 Å². The van der Waals surface area contributed by atoms with Crippen LogP contribution in [0.5, 0.6) is 0 Å². The first-order chi connectivity index (χ1) is 8.97. The topological polar surface area (TPSA) is 41.5 Å². The molecule has 1 aromatic carbocycles. The van der Waals surface area contributed by atoms with Crippen LogP contribution in [-0.4, -0.2) is 16.3 Å². The van der Waals surface area contributed by atoms with Crippen LogP contribution >= 0.6 is 11.8 Å². The normalized spacial score (nSPS) is 22.9. The third-order valence-electron chi connectivity index (χ3n) is 3.00. The summed E-state index contributed by atoms with van der Waals surface area (Å²) in [4.78, 5) is 16.2. The molecule has 0 bridgehead atoms. The summed E-state index contributed by atoms with van der Waals surface area (Å²) in [6, 6.07) is 6.16. The van der Waals surface area contributed by atoms with Crippen LogP contribution in [0.2, 0.25) is 0 Å². The average Bonchev–Trinajstić information content (AvgIpc) is 2.71. The molecule has 1 saturated heterocycles. The SMILES string of the molecule is CC(C)C1SC(=N[C@@H](C)c2ccc(F)cc2)NC1=O. The van der Waals surface area contributed by atoms with E-state index in [1.165, 1.54) is 23.9 Å². The molecule has 1 aliphatic heterocycles. The molecule has 1 amide bonds. The van der Waals surface area contributed by atoms with Crippen molar-refractivity contribution in [1.82, 2.24) is 5.32 Å². The van der Waals surface area contributed by atoms with Crippen molar-refractivity contribution in [1.29, 1.82) is 0 Å². The molecular formula is C14H17FN2OS. The molecule has 3 nitrogen and oxygen atoms in total. The Bertz CT molecular complexity index is 499. The molecule has 1 unspecified atom stereocenters. The lowest BCUT2D eigenvalue weighted by molar-refractivity contribution is -0.119. The van der Waals surface area contributed by atoms with Crippen LogP contribution in [0.15, 0.2) is 29.3 Å². The lowest BCUT2D eigenvalue weighted by atomic mass is 10.1. The Labute approximate surface area is 116 Å². The highest BCUT2D eigenvalue weighted by atomic mass is 32.2. The molecule has 2 atom stereocenters. The van der Waals surface area contributed by atoms with Crippen molar-refractivity contribution >= 4 is 22.8 Å². The fourth-order valence-corrected chi connectivity index (χ4v) is 2.93. The maximum atomic E-state index is 12.8. The Morgan fingerprint density at radius 1 is 1.26 bits per heavy atom. The van der Waals surface area contributed by atoms with Crippen molar-refractivity contribution in [3.8, 4) is 0 Å². The summed E-state index contributed by atoms with van der Waals surface area (Å²) in [6.45, 7) is 5.96. The summed E-state index contributed by atoms with van der Waals surface area (Å²) < 4.78 is 12.8. The first-order valence-electron chi connectivity index (χ1n) is 6.28. The lowest BCUT2D eigenvalue weighted by Gasteiger charge is -2.09. The van der Waals surface area contributed by atoms with Gasteiger partial charge in [-0.1, -0.05) is 37.7 Å². The van der Waals surface area contributed by atoms with Crippen LogP contribution in [-0.2, 0) is 4.79 Å². The molecule has 1 heterocycles. The van der Waals surface area contributed by atoms with E-state index >= 15 is 0 Å². The van der Waals surface area contributed by atoms with Crippen molar-refractivity contribution in [2.24, 2.45) is 10.9 Å². The number of nitrogens with zero attached hydrogens (tertiary/aromatic N) is 1. The van der Waals surface area contributed by atoms with E-state index in [0.717, 1.165) is 5.56 Å². The first-order valence-corrected chi connectivity index (χ1v) is 7.16. The number of amidine groups is 1. The molecule has 0 radical (unpaired) electrons. The van der Waals surface area contributed by atoms with Gasteiger partial charge in [-0.3, -0.25) is 9.79 Å². The molecule has 1 aliphatic rings. The van der Waals surface area contributed by atoms with E-state index in [-0.39, 0.29) is 28.9 Å². The zero-order chi connectivity index (χ0) is 14.0. The van der Waals surface area contributed by atoms with Gasteiger partial charge in [0.1, 0.15) is 5.82 Å². The highest BCUT2D eigenvalue weighted by Crippen LogP contribution is 2.28. The van der Waals surface area contributed by atoms with Crippen LogP contribution in [0.4, 0.5) is 4.39 Å². The Balaban J connectivity index is 2.10. The van der Waals surface area contributed by atoms with E-state index in [2.05, 4.69) is 10.3 Å². The van der Waals surface area contributed by atoms with Gasteiger partial charge < -0.3 is 5.32 Å². The van der Waals surface area contributed by atoms with Gasteiger partial charge in [-0.05, 0) is 30.5 Å². The largest absolute Gasteiger partial charge is 0.304 e. The molecule has 1 aromatic rings. The Hall–Kier alpha value is -1.36. The summed E-state index contributed by atoms with van der Waals surface area (Å²) in [7, 11) is 0. The van der Waals surface area contributed by atoms with Crippen molar-refractivity contribution < 1.29 is 9.18 Å². The number of carbonyl (C=O) groups excluding carboxylic acids is 1. The molecule has 0 spiro atoms. The van der Waals surface area contributed by atoms with Gasteiger partial charge in [0.15, 0.2) is 5.17 Å². The number of carbonyl (C=O) groups is 1. The summed E-state index contributed by atoms with van der Waals surface area (Å²) in [5.41, 5.74) is 0.928. The number of halogens is 1. The van der Waals surface area contributed by atoms with E-state index in [4.69, 9.17) is 0 Å². The minimum atomic E-state index is -0.257. The van der Waals surface area contributed by atoms with Gasteiger partial charge >= 0.3 is 0 Å². The molecule has 1 N–H and O–H groups in total. The Morgan fingerprint density at radius 2 is 1.89 bits per heavy atom. The molecule has 0 aliphatic carbocycles. The molecule has 0 aromatic heterocycles. The quantitative estimate of drug-likeness (QED) is 0.924. The highest BCUT2D eigenvalue weighted by Gasteiger charge is 2.32. The van der Waals surface area contributed by atoms with E-state index < -0.39 is 0 Å². The summed E-state index contributed by atoms with van der Waals surface area (Å²) in [6.07, 6.45) is 0. The van der Waals surface area contributed by atoms with Crippen molar-refractivity contribution in [2.75, 3.05) is 0 Å². The monoisotopic (exact) mass is 280 g/mol. The van der Waals surface area contributed by atoms with Gasteiger partial charge in [0.25, 0.3) is 0 Å². The number of nitrogens with one attached hydrogen (secondary N) is 1. The number of amides is 1. The second kappa shape index (κ2) is 5.74. The third-order valence-corrected chi connectivity index (χ3v) is 4.44. The summed E-state index contributed by atoms with van der Waals surface area (Å²) >= 11 is 1.47. The summed E-state index contributed by atoms with van der Waals surface area (Å²) in [5, 5.41) is 3.38. The molecule has 19 heavy (non-hydrogen) atoms. The molecular weight excluding hydrogens is 263 g/mol. The average molecular weight is 280 g/mol. The zero-order valence-electron chi connectivity index (χ0n) is 11.2. The number of hydrogen-bond donors (Lipinski definition) is 1. The fourth-order valence-electron chi connectivity index (χ4n) is 1.87. The van der Waals surface area contributed by atoms with Gasteiger partial charge in [0, 0.05) is 0 Å². The fraction of sp³-hybridized carbons (Fsp3) is 0.429. The maximum absolute atomic E-state index is 12.8. The zero-order valence-corrected chi connectivity index (χ0v) is 12.0. The second-order valence-corrected chi connectivity index (χ2v) is 6.06. The van der Waals surface area contributed by atoms with E-state index in [1.807, 2.05) is 20.8 Å².